The first-order valence-corrected chi connectivity index (χ1v) is 9.29. The average molecular weight is 453 g/mol. The molecule has 7 heteroatoms. The molecular formula is C22H14BrFN2O3. The number of benzene rings is 3. The molecule has 5 nitrogen and oxygen atoms in total. The minimum atomic E-state index is -0.513. The lowest BCUT2D eigenvalue weighted by molar-refractivity contribution is -0.384. The van der Waals surface area contributed by atoms with Crippen LogP contribution in [0.4, 0.5) is 10.1 Å². The van der Waals surface area contributed by atoms with E-state index in [1.165, 1.54) is 24.3 Å². The SMILES string of the molecule is N#CC(=Cc1cc(Br)ccc1OCc1ccccc1F)c1cccc([N+](=O)[O-])c1. The van der Waals surface area contributed by atoms with Gasteiger partial charge in [-0.1, -0.05) is 46.3 Å². The molecule has 0 saturated carbocycles. The zero-order valence-corrected chi connectivity index (χ0v) is 16.6. The molecule has 0 aliphatic heterocycles. The monoisotopic (exact) mass is 452 g/mol. The second-order valence-corrected chi connectivity index (χ2v) is 6.96. The van der Waals surface area contributed by atoms with Crippen LogP contribution in [0, 0.1) is 27.3 Å². The van der Waals surface area contributed by atoms with Crippen LogP contribution in [0.2, 0.25) is 0 Å². The molecule has 144 valence electrons. The third kappa shape index (κ3) is 5.06. The van der Waals surface area contributed by atoms with Crippen LogP contribution in [0.5, 0.6) is 5.75 Å². The molecule has 0 amide bonds. The minimum absolute atomic E-state index is 0.0217. The lowest BCUT2D eigenvalue weighted by atomic mass is 10.0. The third-order valence-corrected chi connectivity index (χ3v) is 4.59. The first-order chi connectivity index (χ1) is 14.0. The van der Waals surface area contributed by atoms with Crippen molar-refractivity contribution in [3.63, 3.8) is 0 Å². The molecule has 3 aromatic carbocycles. The predicted molar refractivity (Wildman–Crippen MR) is 111 cm³/mol. The summed E-state index contributed by atoms with van der Waals surface area (Å²) in [5.41, 5.74) is 1.54. The zero-order chi connectivity index (χ0) is 20.8. The highest BCUT2D eigenvalue weighted by molar-refractivity contribution is 9.10. The van der Waals surface area contributed by atoms with E-state index in [0.717, 1.165) is 4.47 Å². The second kappa shape index (κ2) is 9.13. The normalized spacial score (nSPS) is 11.0. The fourth-order valence-corrected chi connectivity index (χ4v) is 3.04. The van der Waals surface area contributed by atoms with Gasteiger partial charge in [0.2, 0.25) is 0 Å². The highest BCUT2D eigenvalue weighted by Crippen LogP contribution is 2.29. The number of allylic oxidation sites excluding steroid dienone is 1. The number of nitro groups is 1. The van der Waals surface area contributed by atoms with Crippen molar-refractivity contribution in [3.8, 4) is 11.8 Å². The Kier molecular flexibility index (Phi) is 6.37. The van der Waals surface area contributed by atoms with Gasteiger partial charge in [0, 0.05) is 27.7 Å². The molecular weight excluding hydrogens is 439 g/mol. The number of nitriles is 1. The Bertz CT molecular complexity index is 1140. The van der Waals surface area contributed by atoms with Gasteiger partial charge in [-0.25, -0.2) is 4.39 Å². The van der Waals surface area contributed by atoms with Gasteiger partial charge in [0.05, 0.1) is 16.6 Å². The quantitative estimate of drug-likeness (QED) is 0.195. The number of rotatable bonds is 6. The number of hydrogen-bond acceptors (Lipinski definition) is 4. The van der Waals surface area contributed by atoms with Gasteiger partial charge in [-0.05, 0) is 35.9 Å². The highest BCUT2D eigenvalue weighted by atomic mass is 79.9. The summed E-state index contributed by atoms with van der Waals surface area (Å²) in [5.74, 6) is 0.0886. The van der Waals surface area contributed by atoms with E-state index in [2.05, 4.69) is 22.0 Å². The summed E-state index contributed by atoms with van der Waals surface area (Å²) in [6.07, 6.45) is 1.58. The number of nitro benzene ring substituents is 1. The van der Waals surface area contributed by atoms with Gasteiger partial charge in [-0.15, -0.1) is 0 Å². The van der Waals surface area contributed by atoms with Gasteiger partial charge < -0.3 is 4.74 Å². The average Bonchev–Trinajstić information content (AvgIpc) is 2.72. The lowest BCUT2D eigenvalue weighted by Gasteiger charge is -2.11. The highest BCUT2D eigenvalue weighted by Gasteiger charge is 2.11. The van der Waals surface area contributed by atoms with Crippen molar-refractivity contribution in [1.82, 2.24) is 0 Å². The first-order valence-electron chi connectivity index (χ1n) is 8.50. The number of non-ortho nitro benzene ring substituents is 1. The van der Waals surface area contributed by atoms with Crippen molar-refractivity contribution in [2.24, 2.45) is 0 Å². The third-order valence-electron chi connectivity index (χ3n) is 4.10. The van der Waals surface area contributed by atoms with Crippen molar-refractivity contribution in [2.75, 3.05) is 0 Å². The fourth-order valence-electron chi connectivity index (χ4n) is 2.66. The summed E-state index contributed by atoms with van der Waals surface area (Å²) < 4.78 is 20.4. The van der Waals surface area contributed by atoms with E-state index in [0.29, 0.717) is 22.4 Å². The standard InChI is InChI=1S/C22H14BrFN2O3/c23-19-8-9-22(29-14-16-4-1-2-7-21(16)24)17(11-19)10-18(13-25)15-5-3-6-20(12-15)26(27)28/h1-12H,14H2. The number of nitrogens with zero attached hydrogens (tertiary/aromatic N) is 2. The van der Waals surface area contributed by atoms with E-state index in [1.807, 2.05) is 0 Å². The predicted octanol–water partition coefficient (Wildman–Crippen LogP) is 6.14. The molecule has 0 atom stereocenters. The Morgan fingerprint density at radius 2 is 1.97 bits per heavy atom. The van der Waals surface area contributed by atoms with E-state index >= 15 is 0 Å². The van der Waals surface area contributed by atoms with Crippen LogP contribution in [-0.4, -0.2) is 4.92 Å². The van der Waals surface area contributed by atoms with Crippen LogP contribution in [-0.2, 0) is 6.61 Å². The Morgan fingerprint density at radius 1 is 1.17 bits per heavy atom. The summed E-state index contributed by atoms with van der Waals surface area (Å²) in [7, 11) is 0. The smallest absolute Gasteiger partial charge is 0.270 e. The molecule has 0 fully saturated rings. The molecule has 0 unspecified atom stereocenters. The van der Waals surface area contributed by atoms with Crippen molar-refractivity contribution in [3.05, 3.63) is 104 Å². The van der Waals surface area contributed by atoms with E-state index in [-0.39, 0.29) is 23.7 Å². The number of hydrogen-bond donors (Lipinski definition) is 0. The Morgan fingerprint density at radius 3 is 2.69 bits per heavy atom. The van der Waals surface area contributed by atoms with E-state index in [4.69, 9.17) is 4.74 Å². The fraction of sp³-hybridized carbons (Fsp3) is 0.0455. The van der Waals surface area contributed by atoms with Crippen LogP contribution in [0.1, 0.15) is 16.7 Å². The largest absolute Gasteiger partial charge is 0.488 e. The minimum Gasteiger partial charge on any atom is -0.488 e. The molecule has 0 aliphatic rings. The molecule has 3 rings (SSSR count). The van der Waals surface area contributed by atoms with Crippen LogP contribution >= 0.6 is 15.9 Å². The zero-order valence-electron chi connectivity index (χ0n) is 15.0. The van der Waals surface area contributed by atoms with Gasteiger partial charge in [0.15, 0.2) is 0 Å². The van der Waals surface area contributed by atoms with Gasteiger partial charge in [-0.3, -0.25) is 10.1 Å². The molecule has 3 aromatic rings. The van der Waals surface area contributed by atoms with Crippen molar-refractivity contribution < 1.29 is 14.1 Å². The molecule has 0 bridgehead atoms. The topological polar surface area (TPSA) is 76.2 Å². The van der Waals surface area contributed by atoms with E-state index in [1.54, 1.807) is 48.5 Å². The Balaban J connectivity index is 1.96. The molecule has 0 heterocycles. The summed E-state index contributed by atoms with van der Waals surface area (Å²) in [6, 6.07) is 19.5. The van der Waals surface area contributed by atoms with Crippen LogP contribution in [0.15, 0.2) is 71.2 Å². The maximum atomic E-state index is 13.8. The maximum absolute atomic E-state index is 13.8. The lowest BCUT2D eigenvalue weighted by Crippen LogP contribution is -1.99. The Labute approximate surface area is 175 Å². The molecule has 0 spiro atoms. The summed E-state index contributed by atoms with van der Waals surface area (Å²) in [5, 5.41) is 20.6. The molecule has 0 radical (unpaired) electrons. The first kappa shape index (κ1) is 20.2. The van der Waals surface area contributed by atoms with Crippen LogP contribution in [0.25, 0.3) is 11.6 Å². The second-order valence-electron chi connectivity index (χ2n) is 6.04. The molecule has 29 heavy (non-hydrogen) atoms. The van der Waals surface area contributed by atoms with E-state index in [9.17, 15) is 19.8 Å². The molecule has 0 N–H and O–H groups in total. The van der Waals surface area contributed by atoms with Gasteiger partial charge in [0.1, 0.15) is 18.2 Å². The van der Waals surface area contributed by atoms with Gasteiger partial charge in [0.25, 0.3) is 5.69 Å². The van der Waals surface area contributed by atoms with Gasteiger partial charge in [-0.2, -0.15) is 5.26 Å². The van der Waals surface area contributed by atoms with Crippen molar-refractivity contribution in [1.29, 1.82) is 5.26 Å². The van der Waals surface area contributed by atoms with Crippen LogP contribution in [0.3, 0.4) is 0 Å². The maximum Gasteiger partial charge on any atom is 0.270 e. The molecule has 0 aromatic heterocycles. The van der Waals surface area contributed by atoms with Gasteiger partial charge >= 0.3 is 0 Å². The van der Waals surface area contributed by atoms with Crippen LogP contribution < -0.4 is 4.74 Å². The Hall–Kier alpha value is -3.50. The summed E-state index contributed by atoms with van der Waals surface area (Å²) in [6.45, 7) is 0.0217. The summed E-state index contributed by atoms with van der Waals surface area (Å²) >= 11 is 3.39. The van der Waals surface area contributed by atoms with Crippen molar-refractivity contribution >= 4 is 33.3 Å². The van der Waals surface area contributed by atoms with Crippen molar-refractivity contribution in [2.45, 2.75) is 6.61 Å². The summed E-state index contributed by atoms with van der Waals surface area (Å²) in [4.78, 5) is 10.5. The molecule has 0 saturated heterocycles. The van der Waals surface area contributed by atoms with E-state index < -0.39 is 4.92 Å². The molecule has 0 aliphatic carbocycles. The number of ether oxygens (including phenoxy) is 1. The number of halogens is 2.